The normalized spacial score (nSPS) is 13.4. The van der Waals surface area contributed by atoms with Gasteiger partial charge in [-0.15, -0.1) is 11.3 Å². The Morgan fingerprint density at radius 3 is 2.78 bits per heavy atom. The van der Waals surface area contributed by atoms with E-state index in [2.05, 4.69) is 53.2 Å². The second-order valence-corrected chi connectivity index (χ2v) is 9.27. The highest BCUT2D eigenvalue weighted by molar-refractivity contribution is 7.17. The van der Waals surface area contributed by atoms with Crippen molar-refractivity contribution in [1.82, 2.24) is 5.32 Å². The van der Waals surface area contributed by atoms with Crippen molar-refractivity contribution in [3.05, 3.63) is 90.2 Å². The van der Waals surface area contributed by atoms with E-state index in [1.807, 2.05) is 24.3 Å². The van der Waals surface area contributed by atoms with Crippen molar-refractivity contribution in [1.29, 1.82) is 0 Å². The molecule has 5 heteroatoms. The Kier molecular flexibility index (Phi) is 5.70. The van der Waals surface area contributed by atoms with Crippen LogP contribution < -0.4 is 10.1 Å². The number of benzene rings is 3. The summed E-state index contributed by atoms with van der Waals surface area (Å²) < 4.78 is 12.4. The third-order valence-corrected chi connectivity index (χ3v) is 6.54. The topological polar surface area (TPSA) is 54.6 Å². The lowest BCUT2D eigenvalue weighted by Crippen LogP contribution is -2.42. The van der Waals surface area contributed by atoms with Gasteiger partial charge < -0.3 is 19.6 Å². The van der Waals surface area contributed by atoms with Crippen LogP contribution in [0.4, 0.5) is 0 Å². The molecule has 4 nitrogen and oxygen atoms in total. The molecule has 0 spiro atoms. The van der Waals surface area contributed by atoms with Crippen LogP contribution in [0, 0.1) is 0 Å². The summed E-state index contributed by atoms with van der Waals surface area (Å²) in [6.45, 7) is 3.10. The van der Waals surface area contributed by atoms with E-state index in [9.17, 15) is 5.11 Å². The fourth-order valence-corrected chi connectivity index (χ4v) is 4.84. The summed E-state index contributed by atoms with van der Waals surface area (Å²) in [4.78, 5) is 0. The van der Waals surface area contributed by atoms with E-state index in [1.54, 1.807) is 30.8 Å². The predicted octanol–water partition coefficient (Wildman–Crippen LogP) is 6.23. The van der Waals surface area contributed by atoms with Crippen LogP contribution in [0.3, 0.4) is 0 Å². The van der Waals surface area contributed by atoms with Crippen LogP contribution in [-0.4, -0.2) is 23.9 Å². The minimum atomic E-state index is -0.999. The minimum absolute atomic E-state index is 0.198. The van der Waals surface area contributed by atoms with Crippen LogP contribution in [0.15, 0.2) is 89.1 Å². The van der Waals surface area contributed by atoms with E-state index < -0.39 is 5.60 Å². The molecule has 5 aromatic rings. The van der Waals surface area contributed by atoms with E-state index in [4.69, 9.17) is 9.15 Å². The largest absolute Gasteiger partial charge is 0.491 e. The fraction of sp³-hybridized carbons (Fsp3) is 0.185. The second kappa shape index (κ2) is 8.79. The Hall–Kier alpha value is -3.12. The molecule has 2 N–H and O–H groups in total. The number of furan rings is 1. The summed E-state index contributed by atoms with van der Waals surface area (Å²) in [5.41, 5.74) is 2.42. The number of nitrogens with one attached hydrogen (secondary N) is 1. The van der Waals surface area contributed by atoms with Gasteiger partial charge in [-0.1, -0.05) is 54.6 Å². The third kappa shape index (κ3) is 4.41. The molecule has 0 aliphatic rings. The first-order chi connectivity index (χ1) is 15.6. The van der Waals surface area contributed by atoms with Gasteiger partial charge in [0.05, 0.1) is 11.0 Å². The van der Waals surface area contributed by atoms with Crippen molar-refractivity contribution >= 4 is 32.2 Å². The summed E-state index contributed by atoms with van der Waals surface area (Å²) in [7, 11) is 0. The maximum absolute atomic E-state index is 10.8. The van der Waals surface area contributed by atoms with Gasteiger partial charge in [0, 0.05) is 29.4 Å². The fourth-order valence-electron chi connectivity index (χ4n) is 3.94. The van der Waals surface area contributed by atoms with Gasteiger partial charge in [0.15, 0.2) is 0 Å². The van der Waals surface area contributed by atoms with Gasteiger partial charge in [-0.2, -0.15) is 0 Å². The smallest absolute Gasteiger partial charge is 0.120 e. The lowest BCUT2D eigenvalue weighted by atomic mass is 10.0. The third-order valence-electron chi connectivity index (χ3n) is 5.62. The highest BCUT2D eigenvalue weighted by atomic mass is 32.1. The van der Waals surface area contributed by atoms with Gasteiger partial charge in [0.1, 0.15) is 24.2 Å². The van der Waals surface area contributed by atoms with Crippen molar-refractivity contribution in [2.75, 3.05) is 13.2 Å². The zero-order valence-corrected chi connectivity index (χ0v) is 18.7. The van der Waals surface area contributed by atoms with Crippen LogP contribution in [0.5, 0.6) is 5.75 Å². The molecule has 0 fully saturated rings. The molecule has 0 radical (unpaired) electrons. The monoisotopic (exact) mass is 443 g/mol. The number of fused-ring (bicyclic) bond motifs is 2. The first-order valence-electron chi connectivity index (χ1n) is 10.7. The summed E-state index contributed by atoms with van der Waals surface area (Å²) in [6.07, 6.45) is 3.55. The quantitative estimate of drug-likeness (QED) is 0.298. The number of hydrogen-bond donors (Lipinski definition) is 2. The van der Waals surface area contributed by atoms with Gasteiger partial charge >= 0.3 is 0 Å². The van der Waals surface area contributed by atoms with E-state index >= 15 is 0 Å². The number of thiophene rings is 1. The molecule has 32 heavy (non-hydrogen) atoms. The van der Waals surface area contributed by atoms with Crippen LogP contribution in [0.25, 0.3) is 32.0 Å². The van der Waals surface area contributed by atoms with Crippen molar-refractivity contribution in [2.45, 2.75) is 19.1 Å². The molecule has 0 aliphatic heterocycles. The summed E-state index contributed by atoms with van der Waals surface area (Å²) in [5, 5.41) is 19.9. The zero-order chi connectivity index (χ0) is 22.0. The van der Waals surface area contributed by atoms with Crippen LogP contribution in [0.1, 0.15) is 12.5 Å². The van der Waals surface area contributed by atoms with Crippen molar-refractivity contribution in [3.63, 3.8) is 0 Å². The number of aliphatic hydroxyl groups is 1. The molecule has 0 unspecified atom stereocenters. The first-order valence-corrected chi connectivity index (χ1v) is 11.5. The summed E-state index contributed by atoms with van der Waals surface area (Å²) in [6, 6.07) is 22.6. The Balaban J connectivity index is 1.20. The Bertz CT molecular complexity index is 1350. The molecule has 2 heterocycles. The van der Waals surface area contributed by atoms with Gasteiger partial charge in [0.25, 0.3) is 0 Å². The molecule has 0 saturated carbocycles. The molecule has 0 saturated heterocycles. The molecule has 162 valence electrons. The van der Waals surface area contributed by atoms with Crippen molar-refractivity contribution in [2.24, 2.45) is 0 Å². The molecule has 2 aromatic heterocycles. The highest BCUT2D eigenvalue weighted by Gasteiger charge is 2.21. The predicted molar refractivity (Wildman–Crippen MR) is 131 cm³/mol. The number of hydrogen-bond acceptors (Lipinski definition) is 5. The molecule has 3 aromatic carbocycles. The van der Waals surface area contributed by atoms with E-state index in [0.717, 1.165) is 27.0 Å². The van der Waals surface area contributed by atoms with Gasteiger partial charge in [0.2, 0.25) is 0 Å². The van der Waals surface area contributed by atoms with Crippen molar-refractivity contribution < 1.29 is 14.3 Å². The van der Waals surface area contributed by atoms with Crippen LogP contribution >= 0.6 is 11.3 Å². The van der Waals surface area contributed by atoms with Crippen LogP contribution in [-0.2, 0) is 6.54 Å². The second-order valence-electron chi connectivity index (χ2n) is 8.35. The molecular formula is C27H25NO3S. The number of rotatable bonds is 8. The molecule has 0 bridgehead atoms. The molecule has 5 rings (SSSR count). The first kappa shape index (κ1) is 20.8. The molecular weight excluding hydrogens is 418 g/mol. The van der Waals surface area contributed by atoms with E-state index in [0.29, 0.717) is 13.1 Å². The highest BCUT2D eigenvalue weighted by Crippen LogP contribution is 2.35. The molecule has 0 amide bonds. The molecule has 0 aliphatic carbocycles. The lowest BCUT2D eigenvalue weighted by Gasteiger charge is -2.24. The molecule has 1 atom stereocenters. The van der Waals surface area contributed by atoms with E-state index in [-0.39, 0.29) is 6.61 Å². The summed E-state index contributed by atoms with van der Waals surface area (Å²) in [5.74, 6) is 0.736. The van der Waals surface area contributed by atoms with Gasteiger partial charge in [-0.3, -0.25) is 0 Å². The zero-order valence-electron chi connectivity index (χ0n) is 17.9. The standard InChI is InChI=1S/C27H25NO3S/c1-27(29,17-28-13-21-9-4-7-19-6-2-3-11-23(19)21)18-31-22-10-5-8-20(12-22)25-16-32-26-15-30-14-24(25)26/h2-12,14-16,28-29H,13,17-18H2,1H3/t27-/m0/s1. The average Bonchev–Trinajstić information content (AvgIpc) is 3.42. The van der Waals surface area contributed by atoms with E-state index in [1.165, 1.54) is 16.3 Å². The Morgan fingerprint density at radius 1 is 1.00 bits per heavy atom. The van der Waals surface area contributed by atoms with Crippen LogP contribution in [0.2, 0.25) is 0 Å². The lowest BCUT2D eigenvalue weighted by molar-refractivity contribution is 0.0121. The summed E-state index contributed by atoms with van der Waals surface area (Å²) >= 11 is 1.66. The van der Waals surface area contributed by atoms with Gasteiger partial charge in [-0.25, -0.2) is 0 Å². The van der Waals surface area contributed by atoms with Crippen molar-refractivity contribution in [3.8, 4) is 16.9 Å². The Labute approximate surface area is 191 Å². The van der Waals surface area contributed by atoms with Gasteiger partial charge in [-0.05, 0) is 41.0 Å². The maximum atomic E-state index is 10.8. The Morgan fingerprint density at radius 2 is 1.84 bits per heavy atom. The average molecular weight is 444 g/mol. The minimum Gasteiger partial charge on any atom is -0.491 e. The maximum Gasteiger partial charge on any atom is 0.120 e. The number of ether oxygens (including phenoxy) is 1. The SMILES string of the molecule is C[C@](O)(CNCc1cccc2ccccc12)COc1cccc(-c2csc3cocc23)c1.